The van der Waals surface area contributed by atoms with Gasteiger partial charge in [0.25, 0.3) is 5.91 Å². The predicted octanol–water partition coefficient (Wildman–Crippen LogP) is 4.46. The molecule has 4 nitrogen and oxygen atoms in total. The number of nitrogens with one attached hydrogen (secondary N) is 1. The highest BCUT2D eigenvalue weighted by molar-refractivity contribution is 8.00. The monoisotopic (exact) mass is 343 g/mol. The summed E-state index contributed by atoms with van der Waals surface area (Å²) in [5.74, 6) is -0.955. The third-order valence-electron chi connectivity index (χ3n) is 3.33. The van der Waals surface area contributed by atoms with Crippen LogP contribution >= 0.6 is 11.8 Å². The van der Waals surface area contributed by atoms with Crippen LogP contribution in [0, 0.1) is 0 Å². The van der Waals surface area contributed by atoms with Crippen LogP contribution in [0.1, 0.15) is 36.2 Å². The van der Waals surface area contributed by atoms with Crippen LogP contribution in [0.5, 0.6) is 0 Å². The molecule has 0 aliphatic heterocycles. The normalized spacial score (nSPS) is 10.6. The van der Waals surface area contributed by atoms with Crippen molar-refractivity contribution in [2.45, 2.75) is 36.8 Å². The van der Waals surface area contributed by atoms with Gasteiger partial charge in [0.05, 0.1) is 5.56 Å². The molecule has 2 aromatic rings. The standard InChI is InChI=1S/C19H21NO3S/c1-13(2)24-17-6-4-3-5-16(17)19(23)20-15-10-7-14(8-11-15)9-12-18(21)22/h3-8,10-11,13H,9,12H2,1-2H3,(H,20,23)(H,21,22). The topological polar surface area (TPSA) is 66.4 Å². The Kier molecular flexibility index (Phi) is 6.44. The lowest BCUT2D eigenvalue weighted by molar-refractivity contribution is -0.136. The number of hydrogen-bond acceptors (Lipinski definition) is 3. The van der Waals surface area contributed by atoms with E-state index in [2.05, 4.69) is 19.2 Å². The van der Waals surface area contributed by atoms with Gasteiger partial charge in [-0.05, 0) is 36.2 Å². The number of carboxylic acids is 1. The number of carboxylic acid groups (broad SMARTS) is 1. The number of thioether (sulfide) groups is 1. The van der Waals surface area contributed by atoms with Crippen LogP contribution < -0.4 is 5.32 Å². The fourth-order valence-electron chi connectivity index (χ4n) is 2.22. The van der Waals surface area contributed by atoms with E-state index in [9.17, 15) is 9.59 Å². The molecule has 1 amide bonds. The van der Waals surface area contributed by atoms with Gasteiger partial charge < -0.3 is 10.4 Å². The molecular formula is C19H21NO3S. The quantitative estimate of drug-likeness (QED) is 0.729. The van der Waals surface area contributed by atoms with E-state index in [1.165, 1.54) is 0 Å². The molecule has 0 saturated heterocycles. The van der Waals surface area contributed by atoms with E-state index in [-0.39, 0.29) is 12.3 Å². The SMILES string of the molecule is CC(C)Sc1ccccc1C(=O)Nc1ccc(CCC(=O)O)cc1. The van der Waals surface area contributed by atoms with Crippen molar-refractivity contribution in [3.05, 3.63) is 59.7 Å². The molecule has 2 rings (SSSR count). The number of rotatable bonds is 7. The summed E-state index contributed by atoms with van der Waals surface area (Å²) in [6, 6.07) is 14.8. The number of amides is 1. The van der Waals surface area contributed by atoms with Gasteiger partial charge >= 0.3 is 5.97 Å². The molecule has 2 aromatic carbocycles. The van der Waals surface area contributed by atoms with Crippen LogP contribution in [-0.4, -0.2) is 22.2 Å². The minimum absolute atomic E-state index is 0.103. The summed E-state index contributed by atoms with van der Waals surface area (Å²) in [6.45, 7) is 4.18. The van der Waals surface area contributed by atoms with E-state index < -0.39 is 5.97 Å². The fourth-order valence-corrected chi connectivity index (χ4v) is 3.17. The van der Waals surface area contributed by atoms with E-state index in [0.29, 0.717) is 22.9 Å². The molecule has 0 atom stereocenters. The zero-order valence-corrected chi connectivity index (χ0v) is 14.6. The largest absolute Gasteiger partial charge is 0.481 e. The Morgan fingerprint density at radius 2 is 1.75 bits per heavy atom. The lowest BCUT2D eigenvalue weighted by Gasteiger charge is -2.11. The highest BCUT2D eigenvalue weighted by atomic mass is 32.2. The fraction of sp³-hybridized carbons (Fsp3) is 0.263. The molecule has 126 valence electrons. The molecule has 5 heteroatoms. The molecule has 0 aromatic heterocycles. The molecule has 0 unspecified atom stereocenters. The van der Waals surface area contributed by atoms with E-state index in [4.69, 9.17) is 5.11 Å². The van der Waals surface area contributed by atoms with Gasteiger partial charge in [0.2, 0.25) is 0 Å². The van der Waals surface area contributed by atoms with Crippen LogP contribution in [0.15, 0.2) is 53.4 Å². The van der Waals surface area contributed by atoms with Gasteiger partial charge in [-0.15, -0.1) is 11.8 Å². The number of carbonyl (C=O) groups is 2. The highest BCUT2D eigenvalue weighted by Crippen LogP contribution is 2.27. The third-order valence-corrected chi connectivity index (χ3v) is 4.42. The first-order valence-electron chi connectivity index (χ1n) is 7.83. The van der Waals surface area contributed by atoms with Crippen molar-refractivity contribution in [1.29, 1.82) is 0 Å². The summed E-state index contributed by atoms with van der Waals surface area (Å²) in [5, 5.41) is 12.0. The molecule has 0 aliphatic rings. The van der Waals surface area contributed by atoms with Gasteiger partial charge in [0, 0.05) is 22.3 Å². The van der Waals surface area contributed by atoms with Gasteiger partial charge in [-0.2, -0.15) is 0 Å². The summed E-state index contributed by atoms with van der Waals surface area (Å²) in [6.07, 6.45) is 0.586. The van der Waals surface area contributed by atoms with Crippen LogP contribution in [-0.2, 0) is 11.2 Å². The first-order valence-corrected chi connectivity index (χ1v) is 8.71. The lowest BCUT2D eigenvalue weighted by Crippen LogP contribution is -2.13. The number of aliphatic carboxylic acids is 1. The molecule has 2 N–H and O–H groups in total. The second kappa shape index (κ2) is 8.55. The average Bonchev–Trinajstić information content (AvgIpc) is 2.54. The number of carbonyl (C=O) groups excluding carboxylic acids is 1. The molecule has 0 aliphatic carbocycles. The molecule has 0 spiro atoms. The molecule has 0 heterocycles. The van der Waals surface area contributed by atoms with E-state index in [1.807, 2.05) is 36.4 Å². The molecular weight excluding hydrogens is 322 g/mol. The van der Waals surface area contributed by atoms with Gasteiger partial charge in [0.1, 0.15) is 0 Å². The van der Waals surface area contributed by atoms with Gasteiger partial charge in [-0.3, -0.25) is 9.59 Å². The van der Waals surface area contributed by atoms with Gasteiger partial charge in [0.15, 0.2) is 0 Å². The van der Waals surface area contributed by atoms with Crippen molar-refractivity contribution in [1.82, 2.24) is 0 Å². The lowest BCUT2D eigenvalue weighted by atomic mass is 10.1. The Morgan fingerprint density at radius 3 is 2.38 bits per heavy atom. The summed E-state index contributed by atoms with van der Waals surface area (Å²) in [5.41, 5.74) is 2.29. The molecule has 0 fully saturated rings. The van der Waals surface area contributed by atoms with Gasteiger partial charge in [-0.25, -0.2) is 0 Å². The van der Waals surface area contributed by atoms with Crippen molar-refractivity contribution < 1.29 is 14.7 Å². The minimum Gasteiger partial charge on any atom is -0.481 e. The van der Waals surface area contributed by atoms with E-state index >= 15 is 0 Å². The highest BCUT2D eigenvalue weighted by Gasteiger charge is 2.12. The van der Waals surface area contributed by atoms with Crippen molar-refractivity contribution in [3.63, 3.8) is 0 Å². The third kappa shape index (κ3) is 5.42. The Labute approximate surface area is 146 Å². The first kappa shape index (κ1) is 18.1. The van der Waals surface area contributed by atoms with Crippen molar-refractivity contribution in [2.24, 2.45) is 0 Å². The number of anilines is 1. The molecule has 0 saturated carbocycles. The smallest absolute Gasteiger partial charge is 0.303 e. The number of hydrogen-bond donors (Lipinski definition) is 2. The van der Waals surface area contributed by atoms with E-state index in [0.717, 1.165) is 10.5 Å². The maximum Gasteiger partial charge on any atom is 0.303 e. The van der Waals surface area contributed by atoms with E-state index in [1.54, 1.807) is 23.9 Å². The molecule has 0 radical (unpaired) electrons. The molecule has 0 bridgehead atoms. The summed E-state index contributed by atoms with van der Waals surface area (Å²) >= 11 is 1.66. The van der Waals surface area contributed by atoms with Crippen molar-refractivity contribution in [3.8, 4) is 0 Å². The second-order valence-corrected chi connectivity index (χ2v) is 7.33. The zero-order valence-electron chi connectivity index (χ0n) is 13.8. The van der Waals surface area contributed by atoms with Crippen LogP contribution in [0.2, 0.25) is 0 Å². The van der Waals surface area contributed by atoms with Crippen LogP contribution in [0.3, 0.4) is 0 Å². The van der Waals surface area contributed by atoms with Crippen molar-refractivity contribution >= 4 is 29.3 Å². The van der Waals surface area contributed by atoms with Crippen molar-refractivity contribution in [2.75, 3.05) is 5.32 Å². The Hall–Kier alpha value is -2.27. The van der Waals surface area contributed by atoms with Crippen LogP contribution in [0.25, 0.3) is 0 Å². The Morgan fingerprint density at radius 1 is 1.08 bits per heavy atom. The minimum atomic E-state index is -0.813. The Bertz CT molecular complexity index is 711. The first-order chi connectivity index (χ1) is 11.5. The number of aryl methyl sites for hydroxylation is 1. The summed E-state index contributed by atoms with van der Waals surface area (Å²) in [7, 11) is 0. The van der Waals surface area contributed by atoms with Gasteiger partial charge in [-0.1, -0.05) is 38.1 Å². The average molecular weight is 343 g/mol. The Balaban J connectivity index is 2.06. The summed E-state index contributed by atoms with van der Waals surface area (Å²) in [4.78, 5) is 24.1. The van der Waals surface area contributed by atoms with Crippen LogP contribution in [0.4, 0.5) is 5.69 Å². The molecule has 24 heavy (non-hydrogen) atoms. The predicted molar refractivity (Wildman–Crippen MR) is 97.8 cm³/mol. The maximum absolute atomic E-state index is 12.5. The maximum atomic E-state index is 12.5. The second-order valence-electron chi connectivity index (χ2n) is 5.71. The zero-order chi connectivity index (χ0) is 17.5. The summed E-state index contributed by atoms with van der Waals surface area (Å²) < 4.78 is 0. The number of benzene rings is 2.